The molecule has 0 fully saturated rings. The molecule has 0 atom stereocenters. The Morgan fingerprint density at radius 1 is 1.36 bits per heavy atom. The topological polar surface area (TPSA) is 104 Å². The van der Waals surface area contributed by atoms with Gasteiger partial charge in [-0.15, -0.1) is 0 Å². The van der Waals surface area contributed by atoms with Crippen LogP contribution < -0.4 is 15.2 Å². The Labute approximate surface area is 152 Å². The fraction of sp³-hybridized carbons (Fsp3) is 0.200. The molecule has 0 spiro atoms. The van der Waals surface area contributed by atoms with Crippen molar-refractivity contribution < 1.29 is 28.5 Å². The van der Waals surface area contributed by atoms with Crippen molar-refractivity contribution in [1.29, 1.82) is 0 Å². The standard InChI is InChI=1S/C15H13Cl2FN2O5/c1-23-4-5-24-13-8(16)3-2-7(12(13)18)10-6-9(19)11(17)14(20-10)25-15(21)22/h2-3,6H,4-5H2,1H3,(H2,19,20)(H,21,22). The largest absolute Gasteiger partial charge is 0.512 e. The average Bonchev–Trinajstić information content (AvgIpc) is 2.54. The predicted octanol–water partition coefficient (Wildman–Crippen LogP) is 3.86. The molecular formula is C15H13Cl2FN2O5. The van der Waals surface area contributed by atoms with Crippen molar-refractivity contribution in [1.82, 2.24) is 4.98 Å². The second-order valence-corrected chi connectivity index (χ2v) is 5.45. The van der Waals surface area contributed by atoms with E-state index in [1.807, 2.05) is 0 Å². The van der Waals surface area contributed by atoms with Crippen LogP contribution in [-0.4, -0.2) is 36.6 Å². The van der Waals surface area contributed by atoms with Crippen LogP contribution in [0.3, 0.4) is 0 Å². The number of rotatable bonds is 6. The molecule has 0 aliphatic carbocycles. The van der Waals surface area contributed by atoms with E-state index < -0.39 is 17.9 Å². The van der Waals surface area contributed by atoms with Crippen molar-refractivity contribution in [3.05, 3.63) is 34.1 Å². The molecule has 7 nitrogen and oxygen atoms in total. The first-order valence-electron chi connectivity index (χ1n) is 6.82. The Morgan fingerprint density at radius 2 is 2.08 bits per heavy atom. The molecule has 0 unspecified atom stereocenters. The van der Waals surface area contributed by atoms with E-state index in [0.29, 0.717) is 0 Å². The summed E-state index contributed by atoms with van der Waals surface area (Å²) in [4.78, 5) is 14.6. The summed E-state index contributed by atoms with van der Waals surface area (Å²) in [5, 5.41) is 8.57. The molecule has 2 rings (SSSR count). The van der Waals surface area contributed by atoms with Crippen LogP contribution in [0.2, 0.25) is 10.0 Å². The molecule has 0 saturated heterocycles. The summed E-state index contributed by atoms with van der Waals surface area (Å²) in [5.74, 6) is -1.44. The van der Waals surface area contributed by atoms with Gasteiger partial charge in [0.05, 0.1) is 23.0 Å². The van der Waals surface area contributed by atoms with Crippen LogP contribution in [0.15, 0.2) is 18.2 Å². The summed E-state index contributed by atoms with van der Waals surface area (Å²) >= 11 is 11.8. The van der Waals surface area contributed by atoms with Gasteiger partial charge in [-0.05, 0) is 18.2 Å². The Hall–Kier alpha value is -2.29. The number of aromatic nitrogens is 1. The van der Waals surface area contributed by atoms with E-state index in [1.54, 1.807) is 0 Å². The lowest BCUT2D eigenvalue weighted by Crippen LogP contribution is -2.08. The maximum Gasteiger partial charge on any atom is 0.512 e. The van der Waals surface area contributed by atoms with Crippen LogP contribution in [0.4, 0.5) is 14.9 Å². The Kier molecular flexibility index (Phi) is 6.24. The molecule has 2 aromatic rings. The second kappa shape index (κ2) is 8.19. The normalized spacial score (nSPS) is 10.6. The van der Waals surface area contributed by atoms with Crippen molar-refractivity contribution in [2.45, 2.75) is 0 Å². The number of carboxylic acid groups (broad SMARTS) is 1. The summed E-state index contributed by atoms with van der Waals surface area (Å²) < 4.78 is 29.3. The summed E-state index contributed by atoms with van der Waals surface area (Å²) in [5.41, 5.74) is 5.67. The molecule has 3 N–H and O–H groups in total. The number of ether oxygens (including phenoxy) is 3. The molecule has 1 heterocycles. The smallest absolute Gasteiger partial charge is 0.487 e. The fourth-order valence-electron chi connectivity index (χ4n) is 1.90. The van der Waals surface area contributed by atoms with Gasteiger partial charge in [-0.1, -0.05) is 23.2 Å². The number of hydrogen-bond acceptors (Lipinski definition) is 6. The number of anilines is 1. The number of pyridine rings is 1. The summed E-state index contributed by atoms with van der Waals surface area (Å²) in [7, 11) is 1.47. The minimum atomic E-state index is -1.63. The maximum atomic E-state index is 14.8. The van der Waals surface area contributed by atoms with Crippen molar-refractivity contribution in [2.75, 3.05) is 26.1 Å². The minimum absolute atomic E-state index is 0.00362. The number of carbonyl (C=O) groups is 1. The van der Waals surface area contributed by atoms with Gasteiger partial charge in [-0.2, -0.15) is 0 Å². The minimum Gasteiger partial charge on any atom is -0.487 e. The highest BCUT2D eigenvalue weighted by atomic mass is 35.5. The number of nitrogens with zero attached hydrogens (tertiary/aromatic N) is 1. The molecule has 0 saturated carbocycles. The zero-order chi connectivity index (χ0) is 18.6. The van der Waals surface area contributed by atoms with E-state index in [0.717, 1.165) is 0 Å². The first kappa shape index (κ1) is 19.0. The molecule has 0 radical (unpaired) electrons. The van der Waals surface area contributed by atoms with Crippen LogP contribution in [0.25, 0.3) is 11.3 Å². The summed E-state index contributed by atoms with van der Waals surface area (Å²) in [6.07, 6.45) is -1.63. The van der Waals surface area contributed by atoms with Crippen molar-refractivity contribution >= 4 is 35.0 Å². The van der Waals surface area contributed by atoms with Gasteiger partial charge in [0.2, 0.25) is 5.88 Å². The van der Waals surface area contributed by atoms with E-state index in [4.69, 9.17) is 43.5 Å². The van der Waals surface area contributed by atoms with E-state index >= 15 is 0 Å². The lowest BCUT2D eigenvalue weighted by atomic mass is 10.1. The second-order valence-electron chi connectivity index (χ2n) is 4.66. The van der Waals surface area contributed by atoms with Crippen LogP contribution in [0, 0.1) is 5.82 Å². The van der Waals surface area contributed by atoms with Crippen molar-refractivity contribution in [3.63, 3.8) is 0 Å². The first-order chi connectivity index (χ1) is 11.8. The van der Waals surface area contributed by atoms with E-state index in [1.165, 1.54) is 25.3 Å². The highest BCUT2D eigenvalue weighted by Crippen LogP contribution is 2.38. The number of hydrogen-bond donors (Lipinski definition) is 2. The van der Waals surface area contributed by atoms with Crippen LogP contribution >= 0.6 is 23.2 Å². The van der Waals surface area contributed by atoms with Crippen molar-refractivity contribution in [3.8, 4) is 22.9 Å². The van der Waals surface area contributed by atoms with Gasteiger partial charge in [0.25, 0.3) is 0 Å². The third-order valence-corrected chi connectivity index (χ3v) is 3.68. The van der Waals surface area contributed by atoms with Gasteiger partial charge in [-0.3, -0.25) is 0 Å². The van der Waals surface area contributed by atoms with Crippen molar-refractivity contribution in [2.24, 2.45) is 0 Å². The maximum absolute atomic E-state index is 14.8. The van der Waals surface area contributed by atoms with Crippen LogP contribution in [0.1, 0.15) is 0 Å². The van der Waals surface area contributed by atoms with Gasteiger partial charge in [0, 0.05) is 12.7 Å². The molecule has 25 heavy (non-hydrogen) atoms. The van der Waals surface area contributed by atoms with E-state index in [9.17, 15) is 9.18 Å². The SMILES string of the molecule is COCCOc1c(Cl)ccc(-c2cc(N)c(Cl)c(OC(=O)O)n2)c1F. The van der Waals surface area contributed by atoms with Gasteiger partial charge in [0.1, 0.15) is 11.6 Å². The molecule has 134 valence electrons. The quantitative estimate of drug-likeness (QED) is 0.569. The number of methoxy groups -OCH3 is 1. The average molecular weight is 391 g/mol. The zero-order valence-corrected chi connectivity index (χ0v) is 14.4. The predicted molar refractivity (Wildman–Crippen MR) is 90.1 cm³/mol. The van der Waals surface area contributed by atoms with Gasteiger partial charge >= 0.3 is 6.16 Å². The lowest BCUT2D eigenvalue weighted by molar-refractivity contribution is 0.142. The first-order valence-corrected chi connectivity index (χ1v) is 7.57. The summed E-state index contributed by atoms with van der Waals surface area (Å²) in [6, 6.07) is 4.04. The number of nitrogen functional groups attached to an aromatic ring is 1. The Balaban J connectivity index is 2.49. The number of benzene rings is 1. The van der Waals surface area contributed by atoms with Gasteiger partial charge in [-0.25, -0.2) is 14.2 Å². The highest BCUT2D eigenvalue weighted by molar-refractivity contribution is 6.34. The third-order valence-electron chi connectivity index (χ3n) is 3.00. The highest BCUT2D eigenvalue weighted by Gasteiger charge is 2.20. The van der Waals surface area contributed by atoms with E-state index in [-0.39, 0.29) is 46.0 Å². The third kappa shape index (κ3) is 4.41. The van der Waals surface area contributed by atoms with Crippen LogP contribution in [-0.2, 0) is 4.74 Å². The summed E-state index contributed by atoms with van der Waals surface area (Å²) in [6.45, 7) is 0.322. The monoisotopic (exact) mass is 390 g/mol. The molecule has 0 aliphatic rings. The fourth-order valence-corrected chi connectivity index (χ4v) is 2.24. The molecule has 1 aromatic heterocycles. The molecule has 0 amide bonds. The molecule has 0 bridgehead atoms. The number of nitrogens with two attached hydrogens (primary N) is 1. The molecular weight excluding hydrogens is 378 g/mol. The molecule has 10 heteroatoms. The Morgan fingerprint density at radius 3 is 2.72 bits per heavy atom. The van der Waals surface area contributed by atoms with Gasteiger partial charge < -0.3 is 25.1 Å². The Bertz CT molecular complexity index is 804. The molecule has 1 aromatic carbocycles. The van der Waals surface area contributed by atoms with E-state index in [2.05, 4.69) is 9.72 Å². The van der Waals surface area contributed by atoms with Crippen LogP contribution in [0.5, 0.6) is 11.6 Å². The molecule has 0 aliphatic heterocycles. The van der Waals surface area contributed by atoms with Gasteiger partial charge in [0.15, 0.2) is 11.6 Å². The lowest BCUT2D eigenvalue weighted by Gasteiger charge is -2.13. The zero-order valence-electron chi connectivity index (χ0n) is 12.9. The number of halogens is 3.